The van der Waals surface area contributed by atoms with Crippen molar-refractivity contribution in [2.45, 2.75) is 16.7 Å². The molecule has 1 atom stereocenters. The number of hydrogen-bond donors (Lipinski definition) is 2. The first-order valence-electron chi connectivity index (χ1n) is 9.53. The molecule has 168 valence electrons. The van der Waals surface area contributed by atoms with Gasteiger partial charge >= 0.3 is 11.8 Å². The standard InChI is InChI=1S/C22H21ClN2O6S/c1-30-17-5-2-4-15(12-17)13-24-21(26)22(27)25-14-20(19-6-3-11-31-19)32(28,29)18-9-7-16(23)8-10-18/h2-12,20H,13-14H2,1H3,(H,24,26)(H,25,27). The monoisotopic (exact) mass is 476 g/mol. The Labute approximate surface area is 190 Å². The minimum Gasteiger partial charge on any atom is -0.497 e. The van der Waals surface area contributed by atoms with Crippen LogP contribution in [-0.4, -0.2) is 33.9 Å². The highest BCUT2D eigenvalue weighted by molar-refractivity contribution is 7.91. The molecular formula is C22H21ClN2O6S. The van der Waals surface area contributed by atoms with E-state index in [2.05, 4.69) is 10.6 Å². The summed E-state index contributed by atoms with van der Waals surface area (Å²) in [6, 6.07) is 15.7. The zero-order valence-electron chi connectivity index (χ0n) is 17.1. The van der Waals surface area contributed by atoms with Gasteiger partial charge in [-0.05, 0) is 54.1 Å². The Hall–Kier alpha value is -3.30. The van der Waals surface area contributed by atoms with Crippen LogP contribution in [0.4, 0.5) is 0 Å². The van der Waals surface area contributed by atoms with Crippen LogP contribution in [0.5, 0.6) is 5.75 Å². The number of carbonyl (C=O) groups excluding carboxylic acids is 2. The van der Waals surface area contributed by atoms with Gasteiger partial charge in [-0.3, -0.25) is 9.59 Å². The fourth-order valence-corrected chi connectivity index (χ4v) is 4.65. The third-order valence-corrected chi connectivity index (χ3v) is 6.95. The number of furan rings is 1. The molecule has 0 radical (unpaired) electrons. The molecule has 2 N–H and O–H groups in total. The molecule has 0 fully saturated rings. The van der Waals surface area contributed by atoms with Gasteiger partial charge in [-0.1, -0.05) is 23.7 Å². The van der Waals surface area contributed by atoms with Crippen molar-refractivity contribution in [3.63, 3.8) is 0 Å². The quantitative estimate of drug-likeness (QED) is 0.483. The van der Waals surface area contributed by atoms with Crippen molar-refractivity contribution in [3.8, 4) is 5.75 Å². The highest BCUT2D eigenvalue weighted by atomic mass is 35.5. The van der Waals surface area contributed by atoms with Crippen molar-refractivity contribution >= 4 is 33.3 Å². The molecule has 2 aromatic carbocycles. The molecule has 0 aliphatic carbocycles. The molecule has 3 aromatic rings. The SMILES string of the molecule is COc1cccc(CNC(=O)C(=O)NCC(c2ccco2)S(=O)(=O)c2ccc(Cl)cc2)c1. The van der Waals surface area contributed by atoms with E-state index in [-0.39, 0.29) is 23.7 Å². The molecule has 0 aliphatic rings. The first-order chi connectivity index (χ1) is 15.3. The van der Waals surface area contributed by atoms with E-state index < -0.39 is 26.9 Å². The van der Waals surface area contributed by atoms with E-state index in [0.717, 1.165) is 5.56 Å². The molecule has 10 heteroatoms. The van der Waals surface area contributed by atoms with Crippen molar-refractivity contribution in [2.24, 2.45) is 0 Å². The Balaban J connectivity index is 1.67. The van der Waals surface area contributed by atoms with Gasteiger partial charge in [0.2, 0.25) is 0 Å². The Bertz CT molecular complexity index is 1180. The number of rotatable bonds is 8. The average Bonchev–Trinajstić information content (AvgIpc) is 3.32. The molecule has 32 heavy (non-hydrogen) atoms. The van der Waals surface area contributed by atoms with Gasteiger partial charge in [-0.15, -0.1) is 0 Å². The van der Waals surface area contributed by atoms with Crippen molar-refractivity contribution in [2.75, 3.05) is 13.7 Å². The number of ether oxygens (including phenoxy) is 1. The van der Waals surface area contributed by atoms with E-state index in [1.165, 1.54) is 43.7 Å². The van der Waals surface area contributed by atoms with Crippen LogP contribution in [0.2, 0.25) is 5.02 Å². The van der Waals surface area contributed by atoms with E-state index in [1.807, 2.05) is 0 Å². The van der Waals surface area contributed by atoms with Crippen LogP contribution in [0, 0.1) is 0 Å². The van der Waals surface area contributed by atoms with Crippen molar-refractivity contribution < 1.29 is 27.2 Å². The highest BCUT2D eigenvalue weighted by Gasteiger charge is 2.32. The third kappa shape index (κ3) is 5.68. The second-order valence-corrected chi connectivity index (χ2v) is 9.31. The van der Waals surface area contributed by atoms with E-state index >= 15 is 0 Å². The maximum atomic E-state index is 13.1. The molecular weight excluding hydrogens is 456 g/mol. The summed E-state index contributed by atoms with van der Waals surface area (Å²) in [5, 5.41) is 4.03. The predicted molar refractivity (Wildman–Crippen MR) is 118 cm³/mol. The number of carbonyl (C=O) groups is 2. The Morgan fingerprint density at radius 3 is 2.41 bits per heavy atom. The van der Waals surface area contributed by atoms with E-state index in [4.69, 9.17) is 20.8 Å². The van der Waals surface area contributed by atoms with E-state index in [0.29, 0.717) is 10.8 Å². The van der Waals surface area contributed by atoms with Gasteiger partial charge in [0.25, 0.3) is 0 Å². The second-order valence-electron chi connectivity index (χ2n) is 6.75. The van der Waals surface area contributed by atoms with Gasteiger partial charge in [-0.2, -0.15) is 0 Å². The van der Waals surface area contributed by atoms with Gasteiger partial charge < -0.3 is 19.8 Å². The van der Waals surface area contributed by atoms with Crippen LogP contribution in [0.15, 0.2) is 76.2 Å². The van der Waals surface area contributed by atoms with Crippen LogP contribution in [-0.2, 0) is 26.0 Å². The van der Waals surface area contributed by atoms with Gasteiger partial charge in [0.1, 0.15) is 16.8 Å². The minimum atomic E-state index is -3.94. The first kappa shape index (κ1) is 23.4. The molecule has 0 saturated heterocycles. The molecule has 0 saturated carbocycles. The number of sulfone groups is 1. The molecule has 0 spiro atoms. The zero-order chi connectivity index (χ0) is 23.1. The molecule has 1 unspecified atom stereocenters. The summed E-state index contributed by atoms with van der Waals surface area (Å²) in [6.45, 7) is -0.252. The minimum absolute atomic E-state index is 0.0139. The zero-order valence-corrected chi connectivity index (χ0v) is 18.7. The van der Waals surface area contributed by atoms with Crippen molar-refractivity contribution in [1.29, 1.82) is 0 Å². The van der Waals surface area contributed by atoms with E-state index in [1.54, 1.807) is 30.3 Å². The fraction of sp³-hybridized carbons (Fsp3) is 0.182. The summed E-state index contributed by atoms with van der Waals surface area (Å²) < 4.78 is 36.7. The number of methoxy groups -OCH3 is 1. The predicted octanol–water partition coefficient (Wildman–Crippen LogP) is 2.89. The summed E-state index contributed by atoms with van der Waals surface area (Å²) in [6.07, 6.45) is 1.34. The van der Waals surface area contributed by atoms with Crippen LogP contribution < -0.4 is 15.4 Å². The lowest BCUT2D eigenvalue weighted by molar-refractivity contribution is -0.139. The fourth-order valence-electron chi connectivity index (χ4n) is 2.94. The first-order valence-corrected chi connectivity index (χ1v) is 11.5. The Kier molecular flexibility index (Phi) is 7.55. The summed E-state index contributed by atoms with van der Waals surface area (Å²) in [4.78, 5) is 24.5. The number of halogens is 1. The van der Waals surface area contributed by atoms with Crippen LogP contribution in [0.3, 0.4) is 0 Å². The molecule has 3 rings (SSSR count). The molecule has 0 aliphatic heterocycles. The van der Waals surface area contributed by atoms with Crippen molar-refractivity contribution in [1.82, 2.24) is 10.6 Å². The smallest absolute Gasteiger partial charge is 0.309 e. The van der Waals surface area contributed by atoms with Crippen molar-refractivity contribution in [3.05, 3.63) is 83.3 Å². The van der Waals surface area contributed by atoms with Crippen LogP contribution >= 0.6 is 11.6 Å². The third-order valence-electron chi connectivity index (χ3n) is 4.62. The normalized spacial score (nSPS) is 12.1. The summed E-state index contributed by atoms with van der Waals surface area (Å²) in [7, 11) is -2.41. The maximum absolute atomic E-state index is 13.1. The van der Waals surface area contributed by atoms with Gasteiger partial charge in [0.05, 0.1) is 18.3 Å². The highest BCUT2D eigenvalue weighted by Crippen LogP contribution is 2.29. The lowest BCUT2D eigenvalue weighted by atomic mass is 10.2. The van der Waals surface area contributed by atoms with Gasteiger partial charge in [0, 0.05) is 18.1 Å². The largest absolute Gasteiger partial charge is 0.497 e. The van der Waals surface area contributed by atoms with Crippen LogP contribution in [0.25, 0.3) is 0 Å². The Morgan fingerprint density at radius 1 is 1.03 bits per heavy atom. The van der Waals surface area contributed by atoms with Gasteiger partial charge in [-0.25, -0.2) is 8.42 Å². The maximum Gasteiger partial charge on any atom is 0.309 e. The average molecular weight is 477 g/mol. The number of amides is 2. The number of hydrogen-bond acceptors (Lipinski definition) is 6. The lowest BCUT2D eigenvalue weighted by Gasteiger charge is -2.16. The molecule has 8 nitrogen and oxygen atoms in total. The summed E-state index contributed by atoms with van der Waals surface area (Å²) >= 11 is 5.85. The second kappa shape index (κ2) is 10.3. The summed E-state index contributed by atoms with van der Waals surface area (Å²) in [5.41, 5.74) is 0.740. The topological polar surface area (TPSA) is 115 Å². The molecule has 1 heterocycles. The number of benzene rings is 2. The molecule has 2 amide bonds. The molecule has 1 aromatic heterocycles. The Morgan fingerprint density at radius 2 is 1.75 bits per heavy atom. The lowest BCUT2D eigenvalue weighted by Crippen LogP contribution is -2.42. The van der Waals surface area contributed by atoms with Crippen LogP contribution in [0.1, 0.15) is 16.6 Å². The van der Waals surface area contributed by atoms with E-state index in [9.17, 15) is 18.0 Å². The van der Waals surface area contributed by atoms with Gasteiger partial charge in [0.15, 0.2) is 9.84 Å². The molecule has 0 bridgehead atoms. The number of nitrogens with one attached hydrogen (secondary N) is 2. The summed E-state index contributed by atoms with van der Waals surface area (Å²) in [5.74, 6) is -1.10.